The number of Topliss-reactive ketones (excluding diaryl/α,β-unsaturated/α-hetero) is 1. The minimum absolute atomic E-state index is 0.00723. The van der Waals surface area contributed by atoms with Crippen LogP contribution in [0.4, 0.5) is 0 Å². The molecule has 9 nitrogen and oxygen atoms in total. The number of amides is 1. The highest BCUT2D eigenvalue weighted by Gasteiger charge is 2.33. The molecule has 10 heteroatoms. The topological polar surface area (TPSA) is 125 Å². The molecule has 1 aliphatic rings. The first-order chi connectivity index (χ1) is 12.6. The summed E-state index contributed by atoms with van der Waals surface area (Å²) in [4.78, 5) is 41.9. The van der Waals surface area contributed by atoms with Gasteiger partial charge in [0.25, 0.3) is 5.91 Å². The van der Waals surface area contributed by atoms with Crippen molar-refractivity contribution in [3.05, 3.63) is 27.9 Å². The minimum Gasteiger partial charge on any atom is -0.354 e. The molecule has 0 saturated heterocycles. The number of fused-ring (bicyclic) bond motifs is 1. The zero-order chi connectivity index (χ0) is 18.9. The highest BCUT2D eigenvalue weighted by atomic mass is 32.2. The van der Waals surface area contributed by atoms with Gasteiger partial charge < -0.3 is 5.32 Å². The van der Waals surface area contributed by atoms with Gasteiger partial charge in [-0.15, -0.1) is 11.8 Å². The van der Waals surface area contributed by atoms with Gasteiger partial charge in [-0.05, 0) is 25.1 Å². The van der Waals surface area contributed by atoms with E-state index in [0.29, 0.717) is 11.6 Å². The molecule has 0 fully saturated rings. The molecule has 142 valence electrons. The van der Waals surface area contributed by atoms with Crippen molar-refractivity contribution < 1.29 is 19.2 Å². The van der Waals surface area contributed by atoms with Gasteiger partial charge in [0, 0.05) is 20.2 Å². The van der Waals surface area contributed by atoms with Gasteiger partial charge in [-0.25, -0.2) is 5.48 Å². The Morgan fingerprint density at radius 3 is 2.81 bits per heavy atom. The van der Waals surface area contributed by atoms with Gasteiger partial charge in [-0.2, -0.15) is 5.10 Å². The van der Waals surface area contributed by atoms with E-state index in [0.717, 1.165) is 31.6 Å². The average molecular weight is 381 g/mol. The zero-order valence-corrected chi connectivity index (χ0v) is 15.6. The van der Waals surface area contributed by atoms with Crippen molar-refractivity contribution in [3.63, 3.8) is 0 Å². The number of thioether (sulfide) groups is 1. The van der Waals surface area contributed by atoms with E-state index < -0.39 is 5.91 Å². The number of carbonyl (C=O) groups is 3. The van der Waals surface area contributed by atoms with Crippen LogP contribution < -0.4 is 16.1 Å². The number of hydrogen-bond acceptors (Lipinski definition) is 8. The molecular formula is C16H23N5O4S. The van der Waals surface area contributed by atoms with Crippen molar-refractivity contribution in [3.8, 4) is 0 Å². The number of aromatic nitrogens is 2. The maximum atomic E-state index is 12.6. The maximum Gasteiger partial charge on any atom is 0.269 e. The van der Waals surface area contributed by atoms with E-state index in [1.165, 1.54) is 24.9 Å². The molecule has 4 N–H and O–H groups in total. The van der Waals surface area contributed by atoms with Gasteiger partial charge in [-0.3, -0.25) is 29.6 Å². The van der Waals surface area contributed by atoms with Crippen LogP contribution in [0, 0.1) is 0 Å². The molecular weight excluding hydrogens is 358 g/mol. The zero-order valence-electron chi connectivity index (χ0n) is 14.8. The Kier molecular flexibility index (Phi) is 7.98. The molecule has 0 aliphatic heterocycles. The highest BCUT2D eigenvalue weighted by molar-refractivity contribution is 8.04. The smallest absolute Gasteiger partial charge is 0.269 e. The number of unbranched alkanes of at least 4 members (excludes halogenated alkanes) is 2. The predicted molar refractivity (Wildman–Crippen MR) is 98.0 cm³/mol. The summed E-state index contributed by atoms with van der Waals surface area (Å²) in [6.07, 6.45) is 4.21. The van der Waals surface area contributed by atoms with E-state index in [4.69, 9.17) is 4.84 Å². The Morgan fingerprint density at radius 1 is 1.27 bits per heavy atom. The Labute approximate surface area is 155 Å². The largest absolute Gasteiger partial charge is 0.354 e. The molecule has 2 rings (SSSR count). The molecule has 0 atom stereocenters. The minimum atomic E-state index is -0.471. The molecule has 0 spiro atoms. The molecule has 1 amide bonds. The third-order valence-corrected chi connectivity index (χ3v) is 4.85. The molecule has 0 aromatic carbocycles. The van der Waals surface area contributed by atoms with E-state index in [9.17, 15) is 14.4 Å². The summed E-state index contributed by atoms with van der Waals surface area (Å²) < 4.78 is 0. The van der Waals surface area contributed by atoms with Crippen molar-refractivity contribution in [1.29, 1.82) is 0 Å². The number of hydrogen-bond donors (Lipinski definition) is 4. The number of aromatic amines is 1. The van der Waals surface area contributed by atoms with E-state index >= 15 is 0 Å². The summed E-state index contributed by atoms with van der Waals surface area (Å²) in [5.41, 5.74) is 2.68. The predicted octanol–water partition coefficient (Wildman–Crippen LogP) is 0.634. The first-order valence-corrected chi connectivity index (χ1v) is 9.32. The molecule has 0 radical (unpaired) electrons. The van der Waals surface area contributed by atoms with Crippen LogP contribution in [0.1, 0.15) is 50.6 Å². The van der Waals surface area contributed by atoms with Crippen LogP contribution in [-0.4, -0.2) is 60.8 Å². The second kappa shape index (κ2) is 10.2. The summed E-state index contributed by atoms with van der Waals surface area (Å²) in [7, 11) is 3.16. The lowest BCUT2D eigenvalue weighted by atomic mass is 9.99. The normalized spacial score (nSPS) is 13.5. The lowest BCUT2D eigenvalue weighted by Gasteiger charge is -2.11. The number of nitrogens with zero attached hydrogens (tertiary/aromatic N) is 1. The van der Waals surface area contributed by atoms with E-state index in [1.807, 2.05) is 0 Å². The van der Waals surface area contributed by atoms with E-state index in [2.05, 4.69) is 26.3 Å². The number of hydroxylamine groups is 1. The van der Waals surface area contributed by atoms with Gasteiger partial charge >= 0.3 is 0 Å². The Bertz CT molecular complexity index is 701. The van der Waals surface area contributed by atoms with Crippen molar-refractivity contribution in [2.45, 2.75) is 19.3 Å². The van der Waals surface area contributed by atoms with Crippen LogP contribution in [0.3, 0.4) is 0 Å². The van der Waals surface area contributed by atoms with Gasteiger partial charge in [0.05, 0.1) is 10.5 Å². The number of carbonyl (C=O) groups excluding carboxylic acids is 3. The van der Waals surface area contributed by atoms with Crippen LogP contribution in [0.25, 0.3) is 0 Å². The molecule has 1 aromatic heterocycles. The molecule has 0 saturated carbocycles. The third kappa shape index (κ3) is 5.01. The number of nitrogens with one attached hydrogen (secondary N) is 4. The SMILES string of the molecule is CNOCNCCCCCSC1=CC(=O)c2n[nH]c(C(=O)NC)c2C1=O. The van der Waals surface area contributed by atoms with Crippen molar-refractivity contribution >= 4 is 29.2 Å². The molecule has 26 heavy (non-hydrogen) atoms. The van der Waals surface area contributed by atoms with Crippen LogP contribution in [-0.2, 0) is 4.84 Å². The van der Waals surface area contributed by atoms with Crippen LogP contribution in [0.15, 0.2) is 11.0 Å². The van der Waals surface area contributed by atoms with E-state index in [-0.39, 0.29) is 28.5 Å². The second-order valence-corrected chi connectivity index (χ2v) is 6.64. The molecule has 1 aromatic rings. The summed E-state index contributed by atoms with van der Waals surface area (Å²) in [5, 5.41) is 11.9. The van der Waals surface area contributed by atoms with Crippen LogP contribution >= 0.6 is 11.8 Å². The lowest BCUT2D eigenvalue weighted by molar-refractivity contribution is 0.0442. The summed E-state index contributed by atoms with van der Waals surface area (Å²) in [6, 6.07) is 0. The van der Waals surface area contributed by atoms with Crippen LogP contribution in [0.2, 0.25) is 0 Å². The van der Waals surface area contributed by atoms with E-state index in [1.54, 1.807) is 7.05 Å². The number of allylic oxidation sites excluding steroid dienone is 2. The Morgan fingerprint density at radius 2 is 2.08 bits per heavy atom. The van der Waals surface area contributed by atoms with Crippen molar-refractivity contribution in [2.75, 3.05) is 33.1 Å². The summed E-state index contributed by atoms with van der Waals surface area (Å²) >= 11 is 1.34. The Hall–Kier alpha value is -2.01. The second-order valence-electron chi connectivity index (χ2n) is 5.51. The number of ketones is 2. The van der Waals surface area contributed by atoms with Gasteiger partial charge in [0.15, 0.2) is 0 Å². The fourth-order valence-corrected chi connectivity index (χ4v) is 3.41. The fraction of sp³-hybridized carbons (Fsp3) is 0.500. The first kappa shape index (κ1) is 20.3. The molecule has 1 aliphatic carbocycles. The molecule has 0 unspecified atom stereocenters. The summed E-state index contributed by atoms with van der Waals surface area (Å²) in [5.74, 6) is -0.439. The standard InChI is InChI=1S/C16H23N5O4S/c1-17-16(24)14-12-13(20-21-14)10(22)8-11(15(12)23)26-7-5-3-4-6-19-9-25-18-2/h8,18-19H,3-7,9H2,1-2H3,(H,17,24)(H,20,21). The Balaban J connectivity index is 1.82. The summed E-state index contributed by atoms with van der Waals surface area (Å²) in [6.45, 7) is 1.30. The first-order valence-electron chi connectivity index (χ1n) is 8.33. The van der Waals surface area contributed by atoms with Crippen LogP contribution in [0.5, 0.6) is 0 Å². The van der Waals surface area contributed by atoms with Gasteiger partial charge in [-0.1, -0.05) is 6.42 Å². The molecule has 1 heterocycles. The maximum absolute atomic E-state index is 12.6. The fourth-order valence-electron chi connectivity index (χ4n) is 2.42. The quantitative estimate of drug-likeness (QED) is 0.250. The highest BCUT2D eigenvalue weighted by Crippen LogP contribution is 2.29. The van der Waals surface area contributed by atoms with Gasteiger partial charge in [0.2, 0.25) is 11.6 Å². The molecule has 0 bridgehead atoms. The number of H-pyrrole nitrogens is 1. The third-order valence-electron chi connectivity index (χ3n) is 3.74. The number of rotatable bonds is 11. The van der Waals surface area contributed by atoms with Gasteiger partial charge in [0.1, 0.15) is 18.1 Å². The average Bonchev–Trinajstić information content (AvgIpc) is 3.09. The lowest BCUT2D eigenvalue weighted by Crippen LogP contribution is -2.23. The van der Waals surface area contributed by atoms with Crippen molar-refractivity contribution in [2.24, 2.45) is 0 Å². The monoisotopic (exact) mass is 381 g/mol. The van der Waals surface area contributed by atoms with Crippen molar-refractivity contribution in [1.82, 2.24) is 26.3 Å².